The van der Waals surface area contributed by atoms with Crippen molar-refractivity contribution in [2.45, 2.75) is 6.92 Å². The molecule has 0 amide bonds. The van der Waals surface area contributed by atoms with E-state index in [2.05, 4.69) is 9.72 Å². The van der Waals surface area contributed by atoms with Crippen LogP contribution in [0.2, 0.25) is 0 Å². The molecule has 0 fully saturated rings. The van der Waals surface area contributed by atoms with E-state index in [1.165, 1.54) is 12.3 Å². The van der Waals surface area contributed by atoms with Gasteiger partial charge in [-0.2, -0.15) is 0 Å². The van der Waals surface area contributed by atoms with Crippen molar-refractivity contribution in [3.8, 4) is 0 Å². The molecular weight excluding hydrogens is 188 g/mol. The maximum atomic E-state index is 11.1. The first-order valence-corrected chi connectivity index (χ1v) is 3.92. The average molecular weight is 196 g/mol. The second-order valence-corrected chi connectivity index (χ2v) is 2.38. The Morgan fingerprint density at radius 3 is 3.00 bits per heavy atom. The van der Waals surface area contributed by atoms with Crippen LogP contribution in [0.15, 0.2) is 18.3 Å². The zero-order chi connectivity index (χ0) is 10.6. The standard InChI is InChI=1S/C8H8N2O4/c1-2-14-8(11)6-3-4-9-7(5-6)10(12)13/h3-5H,2H2,1H3. The summed E-state index contributed by atoms with van der Waals surface area (Å²) < 4.78 is 4.67. The number of carbonyl (C=O) groups excluding carboxylic acids is 1. The van der Waals surface area contributed by atoms with E-state index < -0.39 is 10.9 Å². The highest BCUT2D eigenvalue weighted by molar-refractivity contribution is 5.89. The molecule has 14 heavy (non-hydrogen) atoms. The van der Waals surface area contributed by atoms with E-state index in [0.717, 1.165) is 6.07 Å². The van der Waals surface area contributed by atoms with E-state index in [1.807, 2.05) is 0 Å². The van der Waals surface area contributed by atoms with Crippen LogP contribution in [0.4, 0.5) is 5.82 Å². The molecule has 0 spiro atoms. The van der Waals surface area contributed by atoms with Gasteiger partial charge in [0.25, 0.3) is 0 Å². The van der Waals surface area contributed by atoms with Gasteiger partial charge in [0.2, 0.25) is 0 Å². The summed E-state index contributed by atoms with van der Waals surface area (Å²) in [5, 5.41) is 10.3. The molecule has 0 N–H and O–H groups in total. The van der Waals surface area contributed by atoms with Crippen LogP contribution in [0.5, 0.6) is 0 Å². The molecule has 0 atom stereocenters. The predicted octanol–water partition coefficient (Wildman–Crippen LogP) is 1.17. The van der Waals surface area contributed by atoms with E-state index in [0.29, 0.717) is 0 Å². The number of nitro groups is 1. The first kappa shape index (κ1) is 10.1. The van der Waals surface area contributed by atoms with Crippen LogP contribution >= 0.6 is 0 Å². The van der Waals surface area contributed by atoms with Crippen LogP contribution in [0.1, 0.15) is 17.3 Å². The van der Waals surface area contributed by atoms with Gasteiger partial charge >= 0.3 is 11.8 Å². The fourth-order valence-electron chi connectivity index (χ4n) is 0.860. The topological polar surface area (TPSA) is 82.3 Å². The second kappa shape index (κ2) is 4.31. The number of nitrogens with zero attached hydrogens (tertiary/aromatic N) is 2. The Kier molecular flexibility index (Phi) is 3.11. The summed E-state index contributed by atoms with van der Waals surface area (Å²) in [4.78, 5) is 24.3. The summed E-state index contributed by atoms with van der Waals surface area (Å²) in [6.07, 6.45) is 1.20. The van der Waals surface area contributed by atoms with Crippen molar-refractivity contribution in [1.82, 2.24) is 4.98 Å². The maximum absolute atomic E-state index is 11.1. The van der Waals surface area contributed by atoms with Crippen LogP contribution in [0.3, 0.4) is 0 Å². The van der Waals surface area contributed by atoms with Gasteiger partial charge < -0.3 is 14.9 Å². The summed E-state index contributed by atoms with van der Waals surface area (Å²) in [6, 6.07) is 2.45. The number of rotatable bonds is 3. The Morgan fingerprint density at radius 2 is 2.43 bits per heavy atom. The lowest BCUT2D eigenvalue weighted by Gasteiger charge is -1.99. The van der Waals surface area contributed by atoms with Crippen LogP contribution in [0, 0.1) is 10.1 Å². The third-order valence-corrected chi connectivity index (χ3v) is 1.44. The van der Waals surface area contributed by atoms with Crippen LogP contribution in [-0.2, 0) is 4.74 Å². The minimum atomic E-state index is -0.664. The van der Waals surface area contributed by atoms with Crippen molar-refractivity contribution >= 4 is 11.8 Å². The number of carbonyl (C=O) groups is 1. The Labute approximate surface area is 79.7 Å². The van der Waals surface area contributed by atoms with E-state index in [4.69, 9.17) is 0 Å². The van der Waals surface area contributed by atoms with Gasteiger partial charge in [-0.15, -0.1) is 0 Å². The summed E-state index contributed by atoms with van der Waals surface area (Å²) in [6.45, 7) is 1.89. The Bertz CT molecular complexity index is 364. The number of esters is 1. The minimum absolute atomic E-state index is 0.133. The number of aromatic nitrogens is 1. The van der Waals surface area contributed by atoms with Gasteiger partial charge in [0.15, 0.2) is 0 Å². The van der Waals surface area contributed by atoms with E-state index in [9.17, 15) is 14.9 Å². The van der Waals surface area contributed by atoms with Gasteiger partial charge in [0.1, 0.15) is 6.20 Å². The molecule has 0 aliphatic heterocycles. The molecule has 6 nitrogen and oxygen atoms in total. The lowest BCUT2D eigenvalue weighted by Crippen LogP contribution is -2.05. The fourth-order valence-corrected chi connectivity index (χ4v) is 0.860. The van der Waals surface area contributed by atoms with Crippen LogP contribution in [0.25, 0.3) is 0 Å². The zero-order valence-electron chi connectivity index (χ0n) is 7.47. The largest absolute Gasteiger partial charge is 0.462 e. The van der Waals surface area contributed by atoms with Crippen LogP contribution < -0.4 is 0 Å². The average Bonchev–Trinajstić information content (AvgIpc) is 2.18. The SMILES string of the molecule is CCOC(=O)c1ccnc([N+](=O)[O-])c1. The highest BCUT2D eigenvalue weighted by atomic mass is 16.6. The van der Waals surface area contributed by atoms with Crippen molar-refractivity contribution in [1.29, 1.82) is 0 Å². The number of hydrogen-bond donors (Lipinski definition) is 0. The molecule has 1 aromatic heterocycles. The monoisotopic (exact) mass is 196 g/mol. The molecule has 0 aliphatic carbocycles. The Balaban J connectivity index is 2.93. The third-order valence-electron chi connectivity index (χ3n) is 1.44. The quantitative estimate of drug-likeness (QED) is 0.411. The molecule has 0 unspecified atom stereocenters. The normalized spacial score (nSPS) is 9.50. The first-order valence-electron chi connectivity index (χ1n) is 3.92. The third kappa shape index (κ3) is 2.25. The van der Waals surface area contributed by atoms with Crippen molar-refractivity contribution in [3.05, 3.63) is 34.0 Å². The molecule has 1 heterocycles. The molecule has 0 radical (unpaired) electrons. The van der Waals surface area contributed by atoms with Gasteiger partial charge in [-0.25, -0.2) is 4.79 Å². The van der Waals surface area contributed by atoms with E-state index in [1.54, 1.807) is 6.92 Å². The van der Waals surface area contributed by atoms with Gasteiger partial charge in [0, 0.05) is 0 Å². The van der Waals surface area contributed by atoms with E-state index >= 15 is 0 Å². The van der Waals surface area contributed by atoms with Crippen molar-refractivity contribution in [2.24, 2.45) is 0 Å². The maximum Gasteiger partial charge on any atom is 0.364 e. The van der Waals surface area contributed by atoms with Gasteiger partial charge in [0.05, 0.1) is 18.2 Å². The molecule has 1 rings (SSSR count). The van der Waals surface area contributed by atoms with Gasteiger partial charge in [-0.3, -0.25) is 0 Å². The molecule has 0 bridgehead atoms. The second-order valence-electron chi connectivity index (χ2n) is 2.38. The number of hydrogen-bond acceptors (Lipinski definition) is 5. The van der Waals surface area contributed by atoms with Crippen LogP contribution in [-0.4, -0.2) is 22.5 Å². The molecule has 0 saturated heterocycles. The smallest absolute Gasteiger partial charge is 0.364 e. The van der Waals surface area contributed by atoms with Crippen molar-refractivity contribution in [3.63, 3.8) is 0 Å². The molecule has 6 heteroatoms. The van der Waals surface area contributed by atoms with Gasteiger partial charge in [-0.1, -0.05) is 0 Å². The summed E-state index contributed by atoms with van der Waals surface area (Å²) in [7, 11) is 0. The predicted molar refractivity (Wildman–Crippen MR) is 46.8 cm³/mol. The summed E-state index contributed by atoms with van der Waals surface area (Å²) in [5.74, 6) is -0.950. The Hall–Kier alpha value is -1.98. The van der Waals surface area contributed by atoms with Gasteiger partial charge in [-0.05, 0) is 22.9 Å². The fraction of sp³-hybridized carbons (Fsp3) is 0.250. The minimum Gasteiger partial charge on any atom is -0.462 e. The zero-order valence-corrected chi connectivity index (χ0v) is 7.47. The van der Waals surface area contributed by atoms with Crippen molar-refractivity contribution < 1.29 is 14.5 Å². The summed E-state index contributed by atoms with van der Waals surface area (Å²) in [5.41, 5.74) is 0.133. The molecule has 0 saturated carbocycles. The lowest BCUT2D eigenvalue weighted by molar-refractivity contribution is -0.389. The van der Waals surface area contributed by atoms with Crippen molar-refractivity contribution in [2.75, 3.05) is 6.61 Å². The molecule has 74 valence electrons. The van der Waals surface area contributed by atoms with E-state index in [-0.39, 0.29) is 18.0 Å². The first-order chi connectivity index (χ1) is 6.65. The highest BCUT2D eigenvalue weighted by Gasteiger charge is 2.13. The Morgan fingerprint density at radius 1 is 1.71 bits per heavy atom. The number of ether oxygens (including phenoxy) is 1. The lowest BCUT2D eigenvalue weighted by atomic mass is 10.2. The summed E-state index contributed by atoms with van der Waals surface area (Å²) >= 11 is 0. The molecular formula is C8H8N2O4. The highest BCUT2D eigenvalue weighted by Crippen LogP contribution is 2.09. The number of pyridine rings is 1. The molecule has 1 aromatic rings. The molecule has 0 aromatic carbocycles. The molecule has 0 aliphatic rings.